The third-order valence-electron chi connectivity index (χ3n) is 1.67. The number of aromatic nitrogens is 1. The zero-order valence-corrected chi connectivity index (χ0v) is 9.17. The summed E-state index contributed by atoms with van der Waals surface area (Å²) in [4.78, 5) is 10.1. The molecule has 0 aliphatic heterocycles. The predicted octanol–water partition coefficient (Wildman–Crippen LogP) is 1.99. The number of rotatable bonds is 3. The van der Waals surface area contributed by atoms with Crippen LogP contribution in [0.4, 0.5) is 18.9 Å². The minimum atomic E-state index is -4.91. The highest BCUT2D eigenvalue weighted by Gasteiger charge is 2.35. The van der Waals surface area contributed by atoms with Crippen molar-refractivity contribution in [1.29, 1.82) is 0 Å². The van der Waals surface area contributed by atoms with Crippen molar-refractivity contribution in [3.05, 3.63) is 27.8 Å². The summed E-state index contributed by atoms with van der Waals surface area (Å²) in [6.07, 6.45) is -3.39. The Morgan fingerprint density at radius 3 is 2.35 bits per heavy atom. The molecule has 0 fully saturated rings. The van der Waals surface area contributed by atoms with Crippen LogP contribution in [0.15, 0.2) is 11.1 Å². The molecular weight excluding hydrogens is 289 g/mol. The molecule has 0 aromatic carbocycles. The Bertz CT molecular complexity index is 577. The summed E-state index contributed by atoms with van der Waals surface area (Å²) in [5.74, 6) is -1.82. The van der Waals surface area contributed by atoms with E-state index in [9.17, 15) is 31.7 Å². The second kappa shape index (κ2) is 4.45. The minimum absolute atomic E-state index is 0.197. The summed E-state index contributed by atoms with van der Waals surface area (Å²) in [5, 5.41) is 10.4. The molecule has 1 aromatic rings. The van der Waals surface area contributed by atoms with Gasteiger partial charge in [-0.1, -0.05) is 0 Å². The van der Waals surface area contributed by atoms with Gasteiger partial charge in [-0.25, -0.2) is 22.2 Å². The summed E-state index contributed by atoms with van der Waals surface area (Å²) < 4.78 is 59.9. The van der Waals surface area contributed by atoms with E-state index < -0.39 is 42.5 Å². The summed E-state index contributed by atoms with van der Waals surface area (Å²) in [5.41, 5.74) is -2.93. The molecule has 0 saturated carbocycles. The van der Waals surface area contributed by atoms with E-state index in [-0.39, 0.29) is 6.20 Å². The van der Waals surface area contributed by atoms with Crippen molar-refractivity contribution in [2.75, 3.05) is 0 Å². The van der Waals surface area contributed by atoms with Crippen LogP contribution in [-0.2, 0) is 9.05 Å². The molecule has 1 rings (SSSR count). The van der Waals surface area contributed by atoms with Gasteiger partial charge < -0.3 is 0 Å². The highest BCUT2D eigenvalue weighted by molar-refractivity contribution is 8.13. The van der Waals surface area contributed by atoms with Gasteiger partial charge in [-0.2, -0.15) is 4.39 Å². The molecule has 1 aromatic heterocycles. The molecule has 1 heterocycles. The van der Waals surface area contributed by atoms with E-state index >= 15 is 0 Å². The van der Waals surface area contributed by atoms with Gasteiger partial charge in [0.25, 0.3) is 21.2 Å². The summed E-state index contributed by atoms with van der Waals surface area (Å²) in [7, 11) is -0.189. The topological polar surface area (TPSA) is 90.2 Å². The monoisotopic (exact) mass is 290 g/mol. The third kappa shape index (κ3) is 2.64. The molecule has 94 valence electrons. The van der Waals surface area contributed by atoms with E-state index in [1.54, 1.807) is 0 Å². The van der Waals surface area contributed by atoms with Crippen molar-refractivity contribution in [3.63, 3.8) is 0 Å². The number of hydrogen-bond acceptors (Lipinski definition) is 5. The molecule has 0 atom stereocenters. The van der Waals surface area contributed by atoms with E-state index in [0.717, 1.165) is 0 Å². The third-order valence-corrected chi connectivity index (χ3v) is 3.01. The van der Waals surface area contributed by atoms with Crippen LogP contribution in [0.25, 0.3) is 0 Å². The van der Waals surface area contributed by atoms with Gasteiger partial charge in [-0.15, -0.1) is 0 Å². The normalized spacial score (nSPS) is 11.8. The smallest absolute Gasteiger partial charge is 0.258 e. The number of nitro groups is 1. The van der Waals surface area contributed by atoms with Crippen LogP contribution in [0.1, 0.15) is 12.0 Å². The molecule has 0 radical (unpaired) electrons. The average molecular weight is 291 g/mol. The van der Waals surface area contributed by atoms with Crippen molar-refractivity contribution >= 4 is 25.4 Å². The number of pyridine rings is 1. The number of nitrogens with zero attached hydrogens (tertiary/aromatic N) is 2. The molecule has 11 heteroatoms. The van der Waals surface area contributed by atoms with Crippen molar-refractivity contribution in [3.8, 4) is 0 Å². The lowest BCUT2D eigenvalue weighted by Crippen LogP contribution is -2.08. The molecule has 17 heavy (non-hydrogen) atoms. The zero-order chi connectivity index (χ0) is 13.4. The number of alkyl halides is 2. The van der Waals surface area contributed by atoms with Gasteiger partial charge in [0.15, 0.2) is 4.90 Å². The lowest BCUT2D eigenvalue weighted by atomic mass is 10.2. The van der Waals surface area contributed by atoms with Gasteiger partial charge in [0, 0.05) is 10.7 Å². The van der Waals surface area contributed by atoms with Crippen molar-refractivity contribution in [2.24, 2.45) is 0 Å². The van der Waals surface area contributed by atoms with Crippen LogP contribution in [0.5, 0.6) is 0 Å². The van der Waals surface area contributed by atoms with Crippen LogP contribution in [-0.4, -0.2) is 18.3 Å². The van der Waals surface area contributed by atoms with E-state index in [4.69, 9.17) is 10.7 Å². The first-order chi connectivity index (χ1) is 7.66. The fourth-order valence-electron chi connectivity index (χ4n) is 1.06. The molecule has 0 bridgehead atoms. The fraction of sp³-hybridized carbons (Fsp3) is 0.167. The van der Waals surface area contributed by atoms with Gasteiger partial charge >= 0.3 is 0 Å². The quantitative estimate of drug-likeness (QED) is 0.367. The molecule has 0 N–H and O–H groups in total. The van der Waals surface area contributed by atoms with E-state index in [1.165, 1.54) is 0 Å². The van der Waals surface area contributed by atoms with Crippen LogP contribution >= 0.6 is 10.7 Å². The molecular formula is C6H2ClF3N2O4S. The summed E-state index contributed by atoms with van der Waals surface area (Å²) in [6.45, 7) is 0. The van der Waals surface area contributed by atoms with E-state index in [1.807, 2.05) is 0 Å². The molecule has 0 unspecified atom stereocenters. The Hall–Kier alpha value is -1.42. The lowest BCUT2D eigenvalue weighted by Gasteiger charge is -2.06. The maximum Gasteiger partial charge on any atom is 0.298 e. The Balaban J connectivity index is 3.80. The average Bonchev–Trinajstić information content (AvgIpc) is 2.14. The first-order valence-corrected chi connectivity index (χ1v) is 6.02. The molecule has 0 saturated heterocycles. The second-order valence-electron chi connectivity index (χ2n) is 2.67. The van der Waals surface area contributed by atoms with Crippen LogP contribution in [0, 0.1) is 16.1 Å². The van der Waals surface area contributed by atoms with Gasteiger partial charge in [-0.3, -0.25) is 10.1 Å². The SMILES string of the molecule is O=[N+]([O-])c1cnc(F)c(S(=O)(=O)Cl)c1C(F)F. The van der Waals surface area contributed by atoms with Crippen LogP contribution < -0.4 is 0 Å². The highest BCUT2D eigenvalue weighted by atomic mass is 35.7. The second-order valence-corrected chi connectivity index (χ2v) is 5.18. The standard InChI is InChI=1S/C6H2ClF3N2O4S/c7-17(15,16)4-3(5(8)9)2(12(13)14)1-11-6(4)10/h1,5H. The van der Waals surface area contributed by atoms with E-state index in [0.29, 0.717) is 0 Å². The van der Waals surface area contributed by atoms with Gasteiger partial charge in [0.1, 0.15) is 11.8 Å². The summed E-state index contributed by atoms with van der Waals surface area (Å²) >= 11 is 0. The van der Waals surface area contributed by atoms with Crippen molar-refractivity contribution in [1.82, 2.24) is 4.98 Å². The maximum atomic E-state index is 13.0. The summed E-state index contributed by atoms with van der Waals surface area (Å²) in [6, 6.07) is 0. The molecule has 0 aliphatic carbocycles. The van der Waals surface area contributed by atoms with Crippen LogP contribution in [0.3, 0.4) is 0 Å². The Kier molecular flexibility index (Phi) is 3.57. The van der Waals surface area contributed by atoms with Crippen LogP contribution in [0.2, 0.25) is 0 Å². The lowest BCUT2D eigenvalue weighted by molar-refractivity contribution is -0.386. The molecule has 0 amide bonds. The largest absolute Gasteiger partial charge is 0.298 e. The maximum absolute atomic E-state index is 13.0. The Morgan fingerprint density at radius 2 is 2.00 bits per heavy atom. The predicted molar refractivity (Wildman–Crippen MR) is 48.8 cm³/mol. The first kappa shape index (κ1) is 13.6. The fourth-order valence-corrected chi connectivity index (χ4v) is 2.21. The first-order valence-electron chi connectivity index (χ1n) is 3.72. The van der Waals surface area contributed by atoms with Crippen molar-refractivity contribution < 1.29 is 26.5 Å². The van der Waals surface area contributed by atoms with E-state index in [2.05, 4.69) is 4.98 Å². The molecule has 0 spiro atoms. The number of halogens is 4. The molecule has 6 nitrogen and oxygen atoms in total. The molecule has 0 aliphatic rings. The Labute approximate surface area is 96.6 Å². The van der Waals surface area contributed by atoms with Gasteiger partial charge in [-0.05, 0) is 0 Å². The Morgan fingerprint density at radius 1 is 1.47 bits per heavy atom. The van der Waals surface area contributed by atoms with Gasteiger partial charge in [0.05, 0.1) is 4.92 Å². The van der Waals surface area contributed by atoms with Gasteiger partial charge in [0.2, 0.25) is 5.95 Å². The minimum Gasteiger partial charge on any atom is -0.258 e. The number of hydrogen-bond donors (Lipinski definition) is 0. The zero-order valence-electron chi connectivity index (χ0n) is 7.60. The van der Waals surface area contributed by atoms with Crippen molar-refractivity contribution in [2.45, 2.75) is 11.3 Å². The highest BCUT2D eigenvalue weighted by Crippen LogP contribution is 2.36.